The summed E-state index contributed by atoms with van der Waals surface area (Å²) < 4.78 is 0.979. The lowest BCUT2D eigenvalue weighted by molar-refractivity contribution is 0.0695. The molecule has 0 unspecified atom stereocenters. The van der Waals surface area contributed by atoms with Crippen molar-refractivity contribution in [3.8, 4) is 0 Å². The topological polar surface area (TPSA) is 140 Å². The van der Waals surface area contributed by atoms with Crippen molar-refractivity contribution in [1.82, 2.24) is 0 Å². The van der Waals surface area contributed by atoms with Gasteiger partial charge in [-0.25, -0.2) is 19.6 Å². The van der Waals surface area contributed by atoms with E-state index in [4.69, 9.17) is 0 Å². The highest BCUT2D eigenvalue weighted by Gasteiger charge is 2.28. The number of nitrogens with zero attached hydrogens (tertiary/aromatic N) is 2. The quantitative estimate of drug-likeness (QED) is 0.0572. The highest BCUT2D eigenvalue weighted by Crippen LogP contribution is 2.49. The molecule has 10 heteroatoms. The molecule has 0 bridgehead atoms. The molecule has 4 N–H and O–H groups in total. The minimum absolute atomic E-state index is 0.0954. The van der Waals surface area contributed by atoms with Crippen LogP contribution in [0.2, 0.25) is 0 Å². The molecule has 0 radical (unpaired) electrons. The summed E-state index contributed by atoms with van der Waals surface area (Å²) in [4.78, 5) is 34.1. The summed E-state index contributed by atoms with van der Waals surface area (Å²) >= 11 is 7.34. The molecule has 0 aliphatic carbocycles. The first-order valence-corrected chi connectivity index (χ1v) is 17.1. The molecule has 0 atom stereocenters. The third-order valence-electron chi connectivity index (χ3n) is 8.83. The highest BCUT2D eigenvalue weighted by atomic mass is 79.9. The third kappa shape index (κ3) is 5.45. The Balaban J connectivity index is 1.69. The summed E-state index contributed by atoms with van der Waals surface area (Å²) in [5.74, 6) is -3.10. The molecule has 7 rings (SSSR count). The van der Waals surface area contributed by atoms with Crippen LogP contribution in [0.3, 0.4) is 0 Å². The summed E-state index contributed by atoms with van der Waals surface area (Å²) in [5.41, 5.74) is 5.35. The van der Waals surface area contributed by atoms with Crippen LogP contribution in [0.4, 0.5) is 11.4 Å². The van der Waals surface area contributed by atoms with Crippen molar-refractivity contribution < 1.29 is 30.0 Å². The van der Waals surface area contributed by atoms with E-state index in [0.717, 1.165) is 22.3 Å². The number of hydrogen-bond acceptors (Lipinski definition) is 4. The Hall–Kier alpha value is -5.32. The summed E-state index contributed by atoms with van der Waals surface area (Å²) in [5, 5.41) is 47.9. The predicted octanol–water partition coefficient (Wildman–Crippen LogP) is 11.2. The summed E-state index contributed by atoms with van der Waals surface area (Å²) in [6, 6.07) is 21.1. The molecule has 0 aliphatic heterocycles. The Morgan fingerprint density at radius 1 is 0.460 bits per heavy atom. The maximum absolute atomic E-state index is 12.5. The zero-order valence-electron chi connectivity index (χ0n) is 27.2. The first-order valence-electron chi connectivity index (χ1n) is 15.5. The van der Waals surface area contributed by atoms with Crippen LogP contribution in [0.25, 0.3) is 43.1 Å². The van der Waals surface area contributed by atoms with E-state index in [0.29, 0.717) is 69.2 Å². The molecule has 0 fully saturated rings. The van der Waals surface area contributed by atoms with Crippen molar-refractivity contribution in [3.05, 3.63) is 126 Å². The Kier molecular flexibility index (Phi) is 8.11. The molecule has 50 heavy (non-hydrogen) atoms. The minimum atomic E-state index is -1.27. The summed E-state index contributed by atoms with van der Waals surface area (Å²) in [6.45, 7) is 7.79. The standard InChI is InChI=1S/C40H28Br2N2O6/c1-17-9-18(2)12-21(11-17)43-37(45)25-7-5-23-34-30(42)16-28(40(49)50)32-26(39(47)48)8-6-24(36(32)34)33-29(41)15-27(31(25)35(23)33)38(46)44-22-13-19(3)10-20(4)14-22/h5-16H,1-4H3,(H,43,45)(H,44,46)(H,47,48)(H,49,50). The van der Waals surface area contributed by atoms with E-state index in [1.807, 2.05) is 64.1 Å². The first-order chi connectivity index (χ1) is 23.7. The van der Waals surface area contributed by atoms with Crippen molar-refractivity contribution in [3.63, 3.8) is 0 Å². The van der Waals surface area contributed by atoms with Gasteiger partial charge in [-0.05, 0) is 109 Å². The van der Waals surface area contributed by atoms with Crippen LogP contribution in [0.5, 0.6) is 0 Å². The average Bonchev–Trinajstić information content (AvgIpc) is 3.02. The third-order valence-corrected chi connectivity index (χ3v) is 10.1. The molecule has 0 aliphatic rings. The molecule has 0 aromatic heterocycles. The van der Waals surface area contributed by atoms with Gasteiger partial charge in [0.1, 0.15) is 0 Å². The van der Waals surface area contributed by atoms with E-state index in [1.165, 1.54) is 12.1 Å². The van der Waals surface area contributed by atoms with Crippen LogP contribution in [0.15, 0.2) is 91.7 Å². The predicted molar refractivity (Wildman–Crippen MR) is 206 cm³/mol. The maximum atomic E-state index is 12.5. The number of rotatable bonds is 6. The van der Waals surface area contributed by atoms with Gasteiger partial charge in [0, 0.05) is 52.4 Å². The number of aryl methyl sites for hydroxylation is 4. The molecule has 7 aromatic carbocycles. The number of carboxylic acids is 2. The van der Waals surface area contributed by atoms with Gasteiger partial charge in [-0.2, -0.15) is 0 Å². The number of aliphatic imine (C=N–C) groups is 2. The number of carbonyl (C=O) groups is 2. The normalized spacial score (nSPS) is 12.5. The van der Waals surface area contributed by atoms with E-state index in [9.17, 15) is 30.0 Å². The van der Waals surface area contributed by atoms with Crippen LogP contribution in [-0.2, 0) is 0 Å². The minimum Gasteiger partial charge on any atom is -0.493 e. The second kappa shape index (κ2) is 12.2. The van der Waals surface area contributed by atoms with Crippen LogP contribution in [0.1, 0.15) is 54.1 Å². The molecule has 0 amide bonds. The van der Waals surface area contributed by atoms with Gasteiger partial charge in [-0.15, -0.1) is 0 Å². The second-order valence-corrected chi connectivity index (χ2v) is 14.3. The molecule has 0 saturated heterocycles. The molecule has 0 saturated carbocycles. The lowest BCUT2D eigenvalue weighted by Crippen LogP contribution is -2.08. The van der Waals surface area contributed by atoms with Crippen molar-refractivity contribution >= 4 is 110 Å². The Bertz CT molecular complexity index is 2660. The van der Waals surface area contributed by atoms with Gasteiger partial charge in [-0.3, -0.25) is 0 Å². The lowest BCUT2D eigenvalue weighted by Gasteiger charge is -2.21. The van der Waals surface area contributed by atoms with E-state index < -0.39 is 11.9 Å². The number of hydrogen-bond donors (Lipinski definition) is 4. The van der Waals surface area contributed by atoms with Gasteiger partial charge in [0.05, 0.1) is 22.5 Å². The highest BCUT2D eigenvalue weighted by molar-refractivity contribution is 9.11. The zero-order chi connectivity index (χ0) is 35.8. The summed E-state index contributed by atoms with van der Waals surface area (Å²) in [6.07, 6.45) is 0. The van der Waals surface area contributed by atoms with Gasteiger partial charge in [-0.1, -0.05) is 56.1 Å². The van der Waals surface area contributed by atoms with Gasteiger partial charge in [0.25, 0.3) is 0 Å². The van der Waals surface area contributed by atoms with E-state index in [-0.39, 0.29) is 28.3 Å². The Morgan fingerprint density at radius 3 is 1.28 bits per heavy atom. The van der Waals surface area contributed by atoms with Crippen LogP contribution in [0, 0.1) is 27.7 Å². The van der Waals surface area contributed by atoms with Gasteiger partial charge in [0.2, 0.25) is 11.8 Å². The van der Waals surface area contributed by atoms with Crippen LogP contribution >= 0.6 is 31.9 Å². The van der Waals surface area contributed by atoms with E-state index in [2.05, 4.69) is 41.8 Å². The molecule has 248 valence electrons. The Labute approximate surface area is 302 Å². The number of carboxylic acid groups (broad SMARTS) is 2. The number of aromatic carboxylic acids is 2. The van der Waals surface area contributed by atoms with Crippen molar-refractivity contribution in [2.75, 3.05) is 0 Å². The first kappa shape index (κ1) is 33.2. The van der Waals surface area contributed by atoms with Gasteiger partial charge < -0.3 is 20.4 Å². The number of benzene rings is 7. The molecular formula is C40H28Br2N2O6. The smallest absolute Gasteiger partial charge is 0.336 e. The average molecular weight is 792 g/mol. The van der Waals surface area contributed by atoms with Gasteiger partial charge in [0.15, 0.2) is 0 Å². The van der Waals surface area contributed by atoms with Crippen molar-refractivity contribution in [2.45, 2.75) is 27.7 Å². The maximum Gasteiger partial charge on any atom is 0.336 e. The largest absolute Gasteiger partial charge is 0.493 e. The van der Waals surface area contributed by atoms with Crippen molar-refractivity contribution in [2.24, 2.45) is 9.98 Å². The lowest BCUT2D eigenvalue weighted by atomic mass is 9.84. The van der Waals surface area contributed by atoms with Gasteiger partial charge >= 0.3 is 11.9 Å². The van der Waals surface area contributed by atoms with Crippen LogP contribution in [-0.4, -0.2) is 44.2 Å². The second-order valence-electron chi connectivity index (χ2n) is 12.6. The molecule has 0 spiro atoms. The van der Waals surface area contributed by atoms with E-state index >= 15 is 0 Å². The zero-order valence-corrected chi connectivity index (χ0v) is 30.4. The SMILES string of the molecule is Cc1cc(C)cc(N=C(O)c2ccc3c4c(Br)cc(C(=O)O)c5c(C(=O)O)ccc(c6c(Br)cc(C(O)=Nc7cc(C)cc(C)c7)c2c36)c54)c1. The molecule has 0 heterocycles. The van der Waals surface area contributed by atoms with E-state index in [1.54, 1.807) is 24.3 Å². The number of aliphatic hydroxyl groups is 2. The fourth-order valence-electron chi connectivity index (χ4n) is 7.11. The Morgan fingerprint density at radius 2 is 0.840 bits per heavy atom. The fraction of sp³-hybridized carbons (Fsp3) is 0.100. The summed E-state index contributed by atoms with van der Waals surface area (Å²) in [7, 11) is 0. The number of halogens is 2. The molecule has 7 aromatic rings. The van der Waals surface area contributed by atoms with Crippen molar-refractivity contribution in [1.29, 1.82) is 0 Å². The number of aliphatic hydroxyl groups excluding tert-OH is 2. The fourth-order valence-corrected chi connectivity index (χ4v) is 8.39. The molecular weight excluding hydrogens is 764 g/mol. The number of fused-ring (bicyclic) bond motifs is 2. The van der Waals surface area contributed by atoms with Crippen LogP contribution < -0.4 is 0 Å². The molecule has 8 nitrogen and oxygen atoms in total. The monoisotopic (exact) mass is 790 g/mol.